The second-order valence-corrected chi connectivity index (χ2v) is 10.9. The molecule has 154 valence electrons. The van der Waals surface area contributed by atoms with Crippen molar-refractivity contribution in [3.8, 4) is 0 Å². The van der Waals surface area contributed by atoms with Crippen LogP contribution in [0.1, 0.15) is 70.9 Å². The van der Waals surface area contributed by atoms with E-state index in [0.29, 0.717) is 13.1 Å². The van der Waals surface area contributed by atoms with Crippen LogP contribution in [-0.4, -0.2) is 46.0 Å². The maximum Gasteiger partial charge on any atom is 0.236 e. The Hall–Kier alpha value is -1.49. The minimum Gasteiger partial charge on any atom is -0.338 e. The summed E-state index contributed by atoms with van der Waals surface area (Å²) in [5.41, 5.74) is 2.58. The van der Waals surface area contributed by atoms with Gasteiger partial charge in [0.05, 0.1) is 5.25 Å². The van der Waals surface area contributed by atoms with E-state index in [-0.39, 0.29) is 39.8 Å². The molecule has 3 rings (SSSR count). The first-order valence-corrected chi connectivity index (χ1v) is 11.4. The molecule has 2 atom stereocenters. The van der Waals surface area contributed by atoms with Crippen LogP contribution in [0.5, 0.6) is 0 Å². The molecule has 1 aliphatic heterocycles. The zero-order valence-electron chi connectivity index (χ0n) is 18.1. The summed E-state index contributed by atoms with van der Waals surface area (Å²) in [7, 11) is 0. The van der Waals surface area contributed by atoms with Gasteiger partial charge in [-0.2, -0.15) is 0 Å². The first-order valence-electron chi connectivity index (χ1n) is 10.5. The third-order valence-electron chi connectivity index (χ3n) is 5.72. The standard InChI is InChI=1S/C23H34N2O2S/c1-15(2)24(21(27)17-7-8-17)13-14-25-20(26)16(3)28-22(25)18-9-11-19(12-10-18)23(4,5)6/h9-12,15-17,22H,7-8,13-14H2,1-6H3/t16-,22+/m1/s1. The van der Waals surface area contributed by atoms with Crippen LogP contribution in [0.15, 0.2) is 24.3 Å². The van der Waals surface area contributed by atoms with Crippen LogP contribution < -0.4 is 0 Å². The first kappa shape index (κ1) is 21.2. The van der Waals surface area contributed by atoms with Gasteiger partial charge >= 0.3 is 0 Å². The normalized spacial score (nSPS) is 22.8. The Balaban J connectivity index is 1.74. The highest BCUT2D eigenvalue weighted by Crippen LogP contribution is 2.43. The molecule has 0 aromatic heterocycles. The van der Waals surface area contributed by atoms with Gasteiger partial charge in [-0.15, -0.1) is 11.8 Å². The molecule has 0 spiro atoms. The highest BCUT2D eigenvalue weighted by Gasteiger charge is 2.40. The van der Waals surface area contributed by atoms with Gasteiger partial charge in [-0.25, -0.2) is 0 Å². The largest absolute Gasteiger partial charge is 0.338 e. The van der Waals surface area contributed by atoms with Crippen molar-refractivity contribution in [1.29, 1.82) is 0 Å². The summed E-state index contributed by atoms with van der Waals surface area (Å²) in [5, 5.41) is -0.0134. The predicted molar refractivity (Wildman–Crippen MR) is 116 cm³/mol. The number of carbonyl (C=O) groups excluding carboxylic acids is 2. The average molecular weight is 403 g/mol. The van der Waals surface area contributed by atoms with Crippen molar-refractivity contribution in [2.75, 3.05) is 13.1 Å². The minimum absolute atomic E-state index is 0.0292. The second kappa shape index (κ2) is 8.10. The molecule has 28 heavy (non-hydrogen) atoms. The fourth-order valence-corrected chi connectivity index (χ4v) is 5.02. The van der Waals surface area contributed by atoms with Crippen LogP contribution in [0.25, 0.3) is 0 Å². The lowest BCUT2D eigenvalue weighted by atomic mass is 9.86. The van der Waals surface area contributed by atoms with E-state index in [1.807, 2.05) is 16.7 Å². The molecule has 0 unspecified atom stereocenters. The number of nitrogens with zero attached hydrogens (tertiary/aromatic N) is 2. The number of hydrogen-bond donors (Lipinski definition) is 0. The van der Waals surface area contributed by atoms with Gasteiger partial charge in [0.2, 0.25) is 11.8 Å². The highest BCUT2D eigenvalue weighted by molar-refractivity contribution is 8.01. The van der Waals surface area contributed by atoms with Gasteiger partial charge < -0.3 is 9.80 Å². The van der Waals surface area contributed by atoms with Gasteiger partial charge in [-0.05, 0) is 50.2 Å². The van der Waals surface area contributed by atoms with Gasteiger partial charge in [-0.3, -0.25) is 9.59 Å². The van der Waals surface area contributed by atoms with Crippen LogP contribution in [0.2, 0.25) is 0 Å². The molecule has 0 bridgehead atoms. The van der Waals surface area contributed by atoms with Crippen molar-refractivity contribution in [3.63, 3.8) is 0 Å². The van der Waals surface area contributed by atoms with E-state index in [9.17, 15) is 9.59 Å². The number of hydrogen-bond acceptors (Lipinski definition) is 3. The molecule has 0 radical (unpaired) electrons. The topological polar surface area (TPSA) is 40.6 Å². The summed E-state index contributed by atoms with van der Waals surface area (Å²) in [6, 6.07) is 8.84. The summed E-state index contributed by atoms with van der Waals surface area (Å²) >= 11 is 1.71. The molecule has 4 nitrogen and oxygen atoms in total. The van der Waals surface area contributed by atoms with Gasteiger partial charge in [-0.1, -0.05) is 45.0 Å². The van der Waals surface area contributed by atoms with Gasteiger partial charge in [0.1, 0.15) is 5.37 Å². The molecule has 2 aliphatic rings. The fourth-order valence-electron chi connectivity index (χ4n) is 3.71. The smallest absolute Gasteiger partial charge is 0.236 e. The number of thioether (sulfide) groups is 1. The van der Waals surface area contributed by atoms with Crippen LogP contribution in [0.3, 0.4) is 0 Å². The monoisotopic (exact) mass is 402 g/mol. The van der Waals surface area contributed by atoms with E-state index in [1.54, 1.807) is 11.8 Å². The summed E-state index contributed by atoms with van der Waals surface area (Å²) in [6.07, 6.45) is 2.03. The van der Waals surface area contributed by atoms with Crippen LogP contribution in [-0.2, 0) is 15.0 Å². The van der Waals surface area contributed by atoms with Crippen molar-refractivity contribution in [3.05, 3.63) is 35.4 Å². The fraction of sp³-hybridized carbons (Fsp3) is 0.652. The zero-order chi connectivity index (χ0) is 20.6. The lowest BCUT2D eigenvalue weighted by Crippen LogP contribution is -2.44. The molecule has 2 fully saturated rings. The molecule has 1 saturated carbocycles. The van der Waals surface area contributed by atoms with E-state index in [4.69, 9.17) is 0 Å². The van der Waals surface area contributed by atoms with E-state index < -0.39 is 0 Å². The van der Waals surface area contributed by atoms with Crippen LogP contribution in [0, 0.1) is 5.92 Å². The first-order chi connectivity index (χ1) is 13.1. The Labute approximate surface area is 174 Å². The molecule has 1 aromatic carbocycles. The number of carbonyl (C=O) groups is 2. The van der Waals surface area contributed by atoms with E-state index in [2.05, 4.69) is 58.9 Å². The van der Waals surface area contributed by atoms with E-state index in [1.165, 1.54) is 11.1 Å². The maximum absolute atomic E-state index is 12.8. The SMILES string of the molecule is CC(C)N(CCN1C(=O)[C@@H](C)S[C@H]1c1ccc(C(C)(C)C)cc1)C(=O)C1CC1. The zero-order valence-corrected chi connectivity index (χ0v) is 18.9. The number of benzene rings is 1. The third-order valence-corrected chi connectivity index (χ3v) is 7.12. The number of rotatable bonds is 6. The molecular formula is C23H34N2O2S. The lowest BCUT2D eigenvalue weighted by molar-refractivity contribution is -0.136. The summed E-state index contributed by atoms with van der Waals surface area (Å²) < 4.78 is 0. The van der Waals surface area contributed by atoms with Gasteiger partial charge in [0.25, 0.3) is 0 Å². The van der Waals surface area contributed by atoms with E-state index >= 15 is 0 Å². The summed E-state index contributed by atoms with van der Waals surface area (Å²) in [6.45, 7) is 13.9. The Morgan fingerprint density at radius 2 is 1.82 bits per heavy atom. The summed E-state index contributed by atoms with van der Waals surface area (Å²) in [5.74, 6) is 0.650. The molecule has 1 aromatic rings. The summed E-state index contributed by atoms with van der Waals surface area (Å²) in [4.78, 5) is 29.3. The predicted octanol–water partition coefficient (Wildman–Crippen LogP) is 4.59. The minimum atomic E-state index is -0.0427. The third kappa shape index (κ3) is 4.56. The molecule has 2 amide bonds. The molecule has 5 heteroatoms. The van der Waals surface area contributed by atoms with Crippen molar-refractivity contribution < 1.29 is 9.59 Å². The molecule has 1 heterocycles. The molecular weight excluding hydrogens is 368 g/mol. The Bertz CT molecular complexity index is 719. The van der Waals surface area contributed by atoms with Gasteiger partial charge in [0.15, 0.2) is 0 Å². The van der Waals surface area contributed by atoms with Crippen molar-refractivity contribution in [1.82, 2.24) is 9.80 Å². The Kier molecular flexibility index (Phi) is 6.14. The van der Waals surface area contributed by atoms with Gasteiger partial charge in [0, 0.05) is 25.0 Å². The second-order valence-electron chi connectivity index (χ2n) is 9.43. The van der Waals surface area contributed by atoms with Crippen LogP contribution >= 0.6 is 11.8 Å². The number of amides is 2. The Morgan fingerprint density at radius 1 is 1.21 bits per heavy atom. The van der Waals surface area contributed by atoms with Crippen molar-refractivity contribution in [2.45, 2.75) is 76.5 Å². The highest BCUT2D eigenvalue weighted by atomic mass is 32.2. The van der Waals surface area contributed by atoms with E-state index in [0.717, 1.165) is 12.8 Å². The van der Waals surface area contributed by atoms with Crippen LogP contribution in [0.4, 0.5) is 0 Å². The lowest BCUT2D eigenvalue weighted by Gasteiger charge is -2.31. The maximum atomic E-state index is 12.8. The average Bonchev–Trinajstić information content (AvgIpc) is 3.43. The van der Waals surface area contributed by atoms with Crippen molar-refractivity contribution in [2.24, 2.45) is 5.92 Å². The molecule has 1 saturated heterocycles. The van der Waals surface area contributed by atoms with Crippen molar-refractivity contribution >= 4 is 23.6 Å². The molecule has 0 N–H and O–H groups in total. The molecule has 1 aliphatic carbocycles. The Morgan fingerprint density at radius 3 is 2.32 bits per heavy atom. The quantitative estimate of drug-likeness (QED) is 0.698.